The molecule has 0 unspecified atom stereocenters. The van der Waals surface area contributed by atoms with Crippen molar-refractivity contribution < 1.29 is 24.0 Å². The van der Waals surface area contributed by atoms with E-state index in [0.717, 1.165) is 5.56 Å². The first kappa shape index (κ1) is 22.8. The van der Waals surface area contributed by atoms with Crippen molar-refractivity contribution in [3.05, 3.63) is 99.6 Å². The molecule has 0 saturated heterocycles. The second-order valence-electron chi connectivity index (χ2n) is 6.79. The van der Waals surface area contributed by atoms with Crippen molar-refractivity contribution in [1.29, 1.82) is 0 Å². The lowest BCUT2D eigenvalue weighted by atomic mass is 10.2. The van der Waals surface area contributed by atoms with Crippen molar-refractivity contribution >= 4 is 35.4 Å². The second kappa shape index (κ2) is 10.4. The number of ether oxygens (including phenoxy) is 1. The molecule has 0 radical (unpaired) electrons. The van der Waals surface area contributed by atoms with Gasteiger partial charge in [0.25, 0.3) is 5.69 Å². The topological polar surface area (TPSA) is 140 Å². The summed E-state index contributed by atoms with van der Waals surface area (Å²) in [6, 6.07) is 18.2. The van der Waals surface area contributed by atoms with Crippen molar-refractivity contribution in [3.63, 3.8) is 0 Å². The van der Waals surface area contributed by atoms with Crippen LogP contribution in [0.4, 0.5) is 11.4 Å². The molecule has 0 aliphatic carbocycles. The highest BCUT2D eigenvalue weighted by Gasteiger charge is 2.13. The fraction of sp³-hybridized carbons (Fsp3) is 0.0435. The van der Waals surface area contributed by atoms with Crippen LogP contribution in [0.25, 0.3) is 0 Å². The Morgan fingerprint density at radius 2 is 1.67 bits per heavy atom. The molecule has 10 nitrogen and oxygen atoms in total. The first-order chi connectivity index (χ1) is 15.8. The number of benzene rings is 3. The Labute approximate surface area is 188 Å². The lowest BCUT2D eigenvalue weighted by Gasteiger charge is -2.05. The van der Waals surface area contributed by atoms with Crippen LogP contribution in [0.5, 0.6) is 5.75 Å². The van der Waals surface area contributed by atoms with Crippen molar-refractivity contribution in [1.82, 2.24) is 5.43 Å². The van der Waals surface area contributed by atoms with Crippen LogP contribution < -0.4 is 15.5 Å². The van der Waals surface area contributed by atoms with Crippen LogP contribution in [-0.4, -0.2) is 28.9 Å². The molecule has 0 heterocycles. The molecule has 3 aromatic rings. The lowest BCUT2D eigenvalue weighted by Crippen LogP contribution is -2.32. The Morgan fingerprint density at radius 3 is 2.33 bits per heavy atom. The summed E-state index contributed by atoms with van der Waals surface area (Å²) in [6.07, 6.45) is 1.28. The predicted molar refractivity (Wildman–Crippen MR) is 120 cm³/mol. The van der Waals surface area contributed by atoms with Gasteiger partial charge < -0.3 is 10.1 Å². The lowest BCUT2D eigenvalue weighted by molar-refractivity contribution is -0.384. The molecule has 3 aromatic carbocycles. The largest absolute Gasteiger partial charge is 0.423 e. The number of anilines is 1. The summed E-state index contributed by atoms with van der Waals surface area (Å²) < 4.78 is 5.26. The zero-order chi connectivity index (χ0) is 23.8. The minimum Gasteiger partial charge on any atom is -0.423 e. The zero-order valence-corrected chi connectivity index (χ0v) is 17.3. The van der Waals surface area contributed by atoms with Gasteiger partial charge in [-0.05, 0) is 48.9 Å². The number of nitro benzene ring substituents is 1. The van der Waals surface area contributed by atoms with Gasteiger partial charge in [0.05, 0.1) is 16.7 Å². The maximum atomic E-state index is 12.2. The standard InChI is InChI=1S/C23H18N4O6/c1-15-5-9-18(10-6-15)25-21(28)22(29)26-24-14-16-3-2-4-20(13-16)33-23(30)17-7-11-19(12-8-17)27(31)32/h2-14H,1H3,(H,25,28)(H,26,29). The van der Waals surface area contributed by atoms with Gasteiger partial charge in [0.1, 0.15) is 5.75 Å². The molecular formula is C23H18N4O6. The molecule has 2 amide bonds. The summed E-state index contributed by atoms with van der Waals surface area (Å²) in [5.41, 5.74) is 4.11. The number of rotatable bonds is 6. The van der Waals surface area contributed by atoms with Crippen molar-refractivity contribution in [3.8, 4) is 5.75 Å². The normalized spacial score (nSPS) is 10.5. The molecule has 0 aliphatic rings. The summed E-state index contributed by atoms with van der Waals surface area (Å²) in [4.78, 5) is 46.2. The van der Waals surface area contributed by atoms with Gasteiger partial charge in [-0.1, -0.05) is 29.8 Å². The van der Waals surface area contributed by atoms with Gasteiger partial charge in [0, 0.05) is 17.8 Å². The summed E-state index contributed by atoms with van der Waals surface area (Å²) in [6.45, 7) is 1.90. The van der Waals surface area contributed by atoms with E-state index in [1.165, 1.54) is 42.6 Å². The van der Waals surface area contributed by atoms with Gasteiger partial charge in [0.2, 0.25) is 0 Å². The van der Waals surface area contributed by atoms with Crippen LogP contribution in [0.2, 0.25) is 0 Å². The maximum Gasteiger partial charge on any atom is 0.343 e. The van der Waals surface area contributed by atoms with Gasteiger partial charge in [0.15, 0.2) is 0 Å². The smallest absolute Gasteiger partial charge is 0.343 e. The number of hydrogen-bond acceptors (Lipinski definition) is 7. The highest BCUT2D eigenvalue weighted by molar-refractivity contribution is 6.39. The number of carbonyl (C=O) groups is 3. The van der Waals surface area contributed by atoms with E-state index in [4.69, 9.17) is 4.74 Å². The quantitative estimate of drug-likeness (QED) is 0.149. The van der Waals surface area contributed by atoms with Gasteiger partial charge in [-0.25, -0.2) is 10.2 Å². The van der Waals surface area contributed by atoms with Gasteiger partial charge in [-0.2, -0.15) is 5.10 Å². The molecule has 0 bridgehead atoms. The summed E-state index contributed by atoms with van der Waals surface area (Å²) in [5, 5.41) is 16.9. The molecular weight excluding hydrogens is 428 g/mol. The summed E-state index contributed by atoms with van der Waals surface area (Å²) >= 11 is 0. The van der Waals surface area contributed by atoms with Crippen molar-refractivity contribution in [2.45, 2.75) is 6.92 Å². The van der Waals surface area contributed by atoms with E-state index in [9.17, 15) is 24.5 Å². The molecule has 0 aliphatic heterocycles. The maximum absolute atomic E-state index is 12.2. The Morgan fingerprint density at radius 1 is 0.970 bits per heavy atom. The summed E-state index contributed by atoms with van der Waals surface area (Å²) in [5.74, 6) is -2.32. The number of amides is 2. The van der Waals surface area contributed by atoms with Crippen molar-refractivity contribution in [2.24, 2.45) is 5.10 Å². The number of carbonyl (C=O) groups excluding carboxylic acids is 3. The van der Waals surface area contributed by atoms with Gasteiger partial charge in [-0.3, -0.25) is 19.7 Å². The molecule has 3 rings (SSSR count). The number of hydrogen-bond donors (Lipinski definition) is 2. The number of hydrazone groups is 1. The minimum atomic E-state index is -0.951. The van der Waals surface area contributed by atoms with E-state index in [0.29, 0.717) is 11.3 Å². The van der Waals surface area contributed by atoms with Crippen LogP contribution in [-0.2, 0) is 9.59 Å². The van der Waals surface area contributed by atoms with E-state index < -0.39 is 22.7 Å². The fourth-order valence-corrected chi connectivity index (χ4v) is 2.58. The Hall–Kier alpha value is -4.86. The average molecular weight is 446 g/mol. The molecule has 0 saturated carbocycles. The van der Waals surface area contributed by atoms with E-state index in [1.807, 2.05) is 6.92 Å². The van der Waals surface area contributed by atoms with E-state index in [-0.39, 0.29) is 17.0 Å². The first-order valence-corrected chi connectivity index (χ1v) is 9.59. The monoisotopic (exact) mass is 446 g/mol. The molecule has 0 atom stereocenters. The third-order valence-corrected chi connectivity index (χ3v) is 4.28. The molecule has 166 valence electrons. The summed E-state index contributed by atoms with van der Waals surface area (Å²) in [7, 11) is 0. The Balaban J connectivity index is 1.56. The first-order valence-electron chi connectivity index (χ1n) is 9.59. The highest BCUT2D eigenvalue weighted by Crippen LogP contribution is 2.17. The van der Waals surface area contributed by atoms with Crippen LogP contribution in [0.3, 0.4) is 0 Å². The SMILES string of the molecule is Cc1ccc(NC(=O)C(=O)NN=Cc2cccc(OC(=O)c3ccc([N+](=O)[O-])cc3)c2)cc1. The number of esters is 1. The predicted octanol–water partition coefficient (Wildman–Crippen LogP) is 3.21. The number of nitro groups is 1. The van der Waals surface area contributed by atoms with E-state index in [1.54, 1.807) is 36.4 Å². The van der Waals surface area contributed by atoms with Crippen molar-refractivity contribution in [2.75, 3.05) is 5.32 Å². The zero-order valence-electron chi connectivity index (χ0n) is 17.3. The van der Waals surface area contributed by atoms with Crippen LogP contribution >= 0.6 is 0 Å². The minimum absolute atomic E-state index is 0.139. The van der Waals surface area contributed by atoms with Crippen LogP contribution in [0, 0.1) is 17.0 Å². The number of nitrogens with one attached hydrogen (secondary N) is 2. The van der Waals surface area contributed by atoms with E-state index in [2.05, 4.69) is 15.8 Å². The molecule has 10 heteroatoms. The fourth-order valence-electron chi connectivity index (χ4n) is 2.58. The van der Waals surface area contributed by atoms with E-state index >= 15 is 0 Å². The second-order valence-corrected chi connectivity index (χ2v) is 6.79. The Bertz CT molecular complexity index is 1220. The molecule has 0 spiro atoms. The Kier molecular flexibility index (Phi) is 7.22. The number of aryl methyl sites for hydroxylation is 1. The highest BCUT2D eigenvalue weighted by atomic mass is 16.6. The third kappa shape index (κ3) is 6.56. The van der Waals surface area contributed by atoms with Crippen LogP contribution in [0.15, 0.2) is 77.9 Å². The van der Waals surface area contributed by atoms with Gasteiger partial charge in [-0.15, -0.1) is 0 Å². The molecule has 2 N–H and O–H groups in total. The van der Waals surface area contributed by atoms with Crippen LogP contribution in [0.1, 0.15) is 21.5 Å². The molecule has 0 fully saturated rings. The number of nitrogens with zero attached hydrogens (tertiary/aromatic N) is 2. The average Bonchev–Trinajstić information content (AvgIpc) is 2.80. The molecule has 33 heavy (non-hydrogen) atoms. The molecule has 0 aromatic heterocycles. The third-order valence-electron chi connectivity index (χ3n) is 4.28. The number of non-ortho nitro benzene ring substituents is 1. The van der Waals surface area contributed by atoms with Gasteiger partial charge >= 0.3 is 17.8 Å².